The first-order chi connectivity index (χ1) is 8.61. The fourth-order valence-corrected chi connectivity index (χ4v) is 3.35. The smallest absolute Gasteiger partial charge is 0.0328 e. The second-order valence-electron chi connectivity index (χ2n) is 5.96. The van der Waals surface area contributed by atoms with Crippen LogP contribution in [0.2, 0.25) is 0 Å². The molecule has 18 heavy (non-hydrogen) atoms. The summed E-state index contributed by atoms with van der Waals surface area (Å²) in [5, 5.41) is 3.70. The third kappa shape index (κ3) is 2.95. The molecular formula is C17H27N. The molecule has 0 radical (unpaired) electrons. The van der Waals surface area contributed by atoms with Crippen LogP contribution in [0.1, 0.15) is 60.9 Å². The molecule has 1 nitrogen and oxygen atoms in total. The van der Waals surface area contributed by atoms with Gasteiger partial charge in [-0.05, 0) is 56.3 Å². The van der Waals surface area contributed by atoms with Crippen molar-refractivity contribution < 1.29 is 0 Å². The summed E-state index contributed by atoms with van der Waals surface area (Å²) in [5.74, 6) is 0.953. The van der Waals surface area contributed by atoms with E-state index in [1.165, 1.54) is 42.4 Å². The second-order valence-corrected chi connectivity index (χ2v) is 5.96. The summed E-state index contributed by atoms with van der Waals surface area (Å²) >= 11 is 0. The summed E-state index contributed by atoms with van der Waals surface area (Å²) in [6.07, 6.45) is 5.63. The van der Waals surface area contributed by atoms with E-state index in [9.17, 15) is 0 Å². The summed E-state index contributed by atoms with van der Waals surface area (Å²) in [6, 6.07) is 5.21. The van der Waals surface area contributed by atoms with Crippen molar-refractivity contribution in [1.82, 2.24) is 5.32 Å². The summed E-state index contributed by atoms with van der Waals surface area (Å²) in [7, 11) is 0. The van der Waals surface area contributed by atoms with Gasteiger partial charge in [0.2, 0.25) is 0 Å². The van der Waals surface area contributed by atoms with Gasteiger partial charge in [0.1, 0.15) is 0 Å². The zero-order valence-electron chi connectivity index (χ0n) is 12.3. The minimum Gasteiger partial charge on any atom is -0.310 e. The Bertz CT molecular complexity index is 381. The Morgan fingerprint density at radius 2 is 1.78 bits per heavy atom. The van der Waals surface area contributed by atoms with E-state index in [0.29, 0.717) is 6.04 Å². The standard InChI is InChI=1S/C17H27N/c1-5-18-16(11-15-7-6-8-15)17-13(3)9-12(2)10-14(17)4/h9-10,15-16,18H,5-8,11H2,1-4H3. The lowest BCUT2D eigenvalue weighted by atomic mass is 9.78. The molecule has 0 bridgehead atoms. The van der Waals surface area contributed by atoms with Gasteiger partial charge in [-0.3, -0.25) is 0 Å². The van der Waals surface area contributed by atoms with Crippen molar-refractivity contribution in [3.8, 4) is 0 Å². The van der Waals surface area contributed by atoms with Crippen LogP contribution in [-0.2, 0) is 0 Å². The molecule has 1 aromatic carbocycles. The lowest BCUT2D eigenvalue weighted by Crippen LogP contribution is -2.27. The van der Waals surface area contributed by atoms with Crippen molar-refractivity contribution in [2.45, 2.75) is 59.4 Å². The van der Waals surface area contributed by atoms with Crippen molar-refractivity contribution in [2.75, 3.05) is 6.54 Å². The number of hydrogen-bond donors (Lipinski definition) is 1. The van der Waals surface area contributed by atoms with Crippen LogP contribution in [0, 0.1) is 26.7 Å². The van der Waals surface area contributed by atoms with Crippen molar-refractivity contribution in [1.29, 1.82) is 0 Å². The molecule has 0 spiro atoms. The highest BCUT2D eigenvalue weighted by molar-refractivity contribution is 5.39. The van der Waals surface area contributed by atoms with Crippen LogP contribution in [0.25, 0.3) is 0 Å². The van der Waals surface area contributed by atoms with Gasteiger partial charge in [-0.15, -0.1) is 0 Å². The van der Waals surface area contributed by atoms with Crippen LogP contribution < -0.4 is 5.32 Å². The number of aryl methyl sites for hydroxylation is 3. The Kier molecular flexibility index (Phi) is 4.45. The number of nitrogens with one attached hydrogen (secondary N) is 1. The van der Waals surface area contributed by atoms with Gasteiger partial charge in [0, 0.05) is 6.04 Å². The third-order valence-corrected chi connectivity index (χ3v) is 4.33. The van der Waals surface area contributed by atoms with E-state index in [1.807, 2.05) is 0 Å². The SMILES string of the molecule is CCNC(CC1CCC1)c1c(C)cc(C)cc1C. The summed E-state index contributed by atoms with van der Waals surface area (Å²) in [5.41, 5.74) is 5.84. The minimum absolute atomic E-state index is 0.556. The lowest BCUT2D eigenvalue weighted by molar-refractivity contribution is 0.262. The van der Waals surface area contributed by atoms with E-state index in [1.54, 1.807) is 5.56 Å². The normalized spacial score (nSPS) is 17.6. The number of rotatable bonds is 5. The maximum Gasteiger partial charge on any atom is 0.0328 e. The van der Waals surface area contributed by atoms with Crippen LogP contribution in [0.15, 0.2) is 12.1 Å². The first-order valence-electron chi connectivity index (χ1n) is 7.43. The molecule has 1 aliphatic carbocycles. The predicted molar refractivity (Wildman–Crippen MR) is 79.0 cm³/mol. The van der Waals surface area contributed by atoms with Gasteiger partial charge < -0.3 is 5.32 Å². The Morgan fingerprint density at radius 1 is 1.17 bits per heavy atom. The Balaban J connectivity index is 2.23. The first kappa shape index (κ1) is 13.6. The van der Waals surface area contributed by atoms with Crippen LogP contribution in [-0.4, -0.2) is 6.54 Å². The molecule has 100 valence electrons. The summed E-state index contributed by atoms with van der Waals surface area (Å²) < 4.78 is 0. The zero-order chi connectivity index (χ0) is 13.1. The first-order valence-corrected chi connectivity index (χ1v) is 7.43. The average molecular weight is 245 g/mol. The fraction of sp³-hybridized carbons (Fsp3) is 0.647. The van der Waals surface area contributed by atoms with Crippen LogP contribution >= 0.6 is 0 Å². The molecule has 1 saturated carbocycles. The van der Waals surface area contributed by atoms with Crippen LogP contribution in [0.5, 0.6) is 0 Å². The molecule has 1 heteroatoms. The average Bonchev–Trinajstić information content (AvgIpc) is 2.21. The molecule has 1 aliphatic rings. The van der Waals surface area contributed by atoms with Gasteiger partial charge >= 0.3 is 0 Å². The van der Waals surface area contributed by atoms with Crippen molar-refractivity contribution in [2.24, 2.45) is 5.92 Å². The third-order valence-electron chi connectivity index (χ3n) is 4.33. The van der Waals surface area contributed by atoms with Gasteiger partial charge in [0.15, 0.2) is 0 Å². The van der Waals surface area contributed by atoms with Gasteiger partial charge in [-0.2, -0.15) is 0 Å². The molecule has 0 saturated heterocycles. The molecule has 1 aromatic rings. The van der Waals surface area contributed by atoms with Gasteiger partial charge in [-0.1, -0.05) is 43.9 Å². The summed E-state index contributed by atoms with van der Waals surface area (Å²) in [6.45, 7) is 10.00. The second kappa shape index (κ2) is 5.88. The maximum absolute atomic E-state index is 3.70. The largest absolute Gasteiger partial charge is 0.310 e. The quantitative estimate of drug-likeness (QED) is 0.808. The Hall–Kier alpha value is -0.820. The topological polar surface area (TPSA) is 12.0 Å². The molecule has 1 atom stereocenters. The maximum atomic E-state index is 3.70. The molecule has 1 fully saturated rings. The van der Waals surface area contributed by atoms with E-state index >= 15 is 0 Å². The lowest BCUT2D eigenvalue weighted by Gasteiger charge is -2.32. The highest BCUT2D eigenvalue weighted by Crippen LogP contribution is 2.36. The van der Waals surface area contributed by atoms with E-state index in [2.05, 4.69) is 45.1 Å². The highest BCUT2D eigenvalue weighted by atomic mass is 14.9. The molecule has 0 amide bonds. The molecule has 0 aliphatic heterocycles. The van der Waals surface area contributed by atoms with Crippen molar-refractivity contribution in [3.05, 3.63) is 34.4 Å². The molecular weight excluding hydrogens is 218 g/mol. The van der Waals surface area contributed by atoms with Crippen molar-refractivity contribution >= 4 is 0 Å². The van der Waals surface area contributed by atoms with E-state index in [0.717, 1.165) is 12.5 Å². The van der Waals surface area contributed by atoms with E-state index in [4.69, 9.17) is 0 Å². The van der Waals surface area contributed by atoms with Crippen LogP contribution in [0.4, 0.5) is 0 Å². The number of hydrogen-bond acceptors (Lipinski definition) is 1. The van der Waals surface area contributed by atoms with E-state index in [-0.39, 0.29) is 0 Å². The fourth-order valence-electron chi connectivity index (χ4n) is 3.35. The van der Waals surface area contributed by atoms with Crippen molar-refractivity contribution in [3.63, 3.8) is 0 Å². The highest BCUT2D eigenvalue weighted by Gasteiger charge is 2.24. The minimum atomic E-state index is 0.556. The molecule has 1 N–H and O–H groups in total. The molecule has 0 aromatic heterocycles. The number of benzene rings is 1. The molecule has 2 rings (SSSR count). The van der Waals surface area contributed by atoms with Crippen LogP contribution in [0.3, 0.4) is 0 Å². The van der Waals surface area contributed by atoms with Gasteiger partial charge in [0.05, 0.1) is 0 Å². The monoisotopic (exact) mass is 245 g/mol. The van der Waals surface area contributed by atoms with Gasteiger partial charge in [-0.25, -0.2) is 0 Å². The predicted octanol–water partition coefficient (Wildman–Crippen LogP) is 4.45. The molecule has 0 heterocycles. The Labute approximate surface area is 112 Å². The molecule has 1 unspecified atom stereocenters. The summed E-state index contributed by atoms with van der Waals surface area (Å²) in [4.78, 5) is 0. The van der Waals surface area contributed by atoms with Gasteiger partial charge in [0.25, 0.3) is 0 Å². The Morgan fingerprint density at radius 3 is 2.22 bits per heavy atom. The zero-order valence-corrected chi connectivity index (χ0v) is 12.3. The van der Waals surface area contributed by atoms with E-state index < -0.39 is 0 Å².